The Morgan fingerprint density at radius 1 is 0.957 bits per heavy atom. The molecule has 0 radical (unpaired) electrons. The van der Waals surface area contributed by atoms with Crippen LogP contribution in [0.2, 0.25) is 0 Å². The molecule has 122 valence electrons. The van der Waals surface area contributed by atoms with E-state index in [-0.39, 0.29) is 17.9 Å². The number of anilines is 1. The Bertz CT molecular complexity index is 710. The van der Waals surface area contributed by atoms with Crippen LogP contribution in [0.3, 0.4) is 0 Å². The summed E-state index contributed by atoms with van der Waals surface area (Å²) in [5, 5.41) is 0. The van der Waals surface area contributed by atoms with Gasteiger partial charge in [-0.25, -0.2) is 9.48 Å². The van der Waals surface area contributed by atoms with Crippen LogP contribution in [0.5, 0.6) is 0 Å². The van der Waals surface area contributed by atoms with E-state index in [4.69, 9.17) is 0 Å². The third-order valence-corrected chi connectivity index (χ3v) is 4.42. The van der Waals surface area contributed by atoms with Gasteiger partial charge in [-0.15, -0.1) is 0 Å². The first-order valence-electron chi connectivity index (χ1n) is 7.92. The van der Waals surface area contributed by atoms with Crippen molar-refractivity contribution in [2.45, 2.75) is 40.2 Å². The van der Waals surface area contributed by atoms with Gasteiger partial charge in [0.2, 0.25) is 6.34 Å². The molecule has 0 aliphatic carbocycles. The second-order valence-corrected chi connectivity index (χ2v) is 7.01. The van der Waals surface area contributed by atoms with Gasteiger partial charge in [0.15, 0.2) is 0 Å². The molecule has 0 saturated carbocycles. The van der Waals surface area contributed by atoms with E-state index in [1.165, 1.54) is 28.1 Å². The molecule has 0 aromatic heterocycles. The number of halogens is 1. The van der Waals surface area contributed by atoms with Crippen LogP contribution in [0.25, 0.3) is 0 Å². The van der Waals surface area contributed by atoms with Crippen LogP contribution in [0, 0.1) is 20.8 Å². The zero-order valence-corrected chi connectivity index (χ0v) is 15.4. The average Bonchev–Trinajstić information content (AvgIpc) is 2.74. The van der Waals surface area contributed by atoms with E-state index in [0.717, 1.165) is 6.54 Å². The Morgan fingerprint density at radius 2 is 1.52 bits per heavy atom. The summed E-state index contributed by atoms with van der Waals surface area (Å²) in [6.45, 7) is 12.2. The van der Waals surface area contributed by atoms with Crippen LogP contribution in [0.1, 0.15) is 30.5 Å². The first-order valence-corrected chi connectivity index (χ1v) is 7.92. The Hall–Kier alpha value is -1.80. The minimum Gasteiger partial charge on any atom is -1.00 e. The highest BCUT2D eigenvalue weighted by molar-refractivity contribution is 5.82. The summed E-state index contributed by atoms with van der Waals surface area (Å²) in [4.78, 5) is 2.40. The van der Waals surface area contributed by atoms with E-state index in [1.54, 1.807) is 0 Å². The summed E-state index contributed by atoms with van der Waals surface area (Å²) in [7, 11) is 0. The molecule has 2 aromatic rings. The quantitative estimate of drug-likeness (QED) is 0.759. The monoisotopic (exact) mass is 328 g/mol. The predicted octanol–water partition coefficient (Wildman–Crippen LogP) is 1.59. The molecule has 1 aliphatic heterocycles. The van der Waals surface area contributed by atoms with Gasteiger partial charge in [0.25, 0.3) is 0 Å². The van der Waals surface area contributed by atoms with Crippen molar-refractivity contribution in [3.63, 3.8) is 0 Å². The lowest BCUT2D eigenvalue weighted by atomic mass is 10.0. The zero-order chi connectivity index (χ0) is 15.9. The van der Waals surface area contributed by atoms with Crippen LogP contribution in [-0.4, -0.2) is 23.0 Å². The van der Waals surface area contributed by atoms with Gasteiger partial charge in [0.1, 0.15) is 23.5 Å². The molecule has 0 amide bonds. The number of aryl methyl sites for hydroxylation is 3. The maximum Gasteiger partial charge on any atom is 0.245 e. The highest BCUT2D eigenvalue weighted by Crippen LogP contribution is 2.32. The topological polar surface area (TPSA) is 6.25 Å². The second-order valence-electron chi connectivity index (χ2n) is 7.01. The number of rotatable bonds is 2. The van der Waals surface area contributed by atoms with Crippen molar-refractivity contribution in [2.24, 2.45) is 0 Å². The normalized spacial score (nSPS) is 16.0. The Kier molecular flexibility index (Phi) is 4.86. The first kappa shape index (κ1) is 17.6. The number of nitrogens with zero attached hydrogens (tertiary/aromatic N) is 2. The number of hydrogen-bond acceptors (Lipinski definition) is 1. The van der Waals surface area contributed by atoms with E-state index in [0.29, 0.717) is 0 Å². The molecule has 23 heavy (non-hydrogen) atoms. The van der Waals surface area contributed by atoms with Gasteiger partial charge in [-0.05, 0) is 57.9 Å². The van der Waals surface area contributed by atoms with Crippen LogP contribution < -0.4 is 17.3 Å². The van der Waals surface area contributed by atoms with Gasteiger partial charge in [0, 0.05) is 0 Å². The van der Waals surface area contributed by atoms with Crippen molar-refractivity contribution >= 4 is 17.7 Å². The summed E-state index contributed by atoms with van der Waals surface area (Å²) in [6, 6.07) is 15.2. The summed E-state index contributed by atoms with van der Waals surface area (Å²) in [6.07, 6.45) is 2.26. The van der Waals surface area contributed by atoms with Crippen molar-refractivity contribution in [1.82, 2.24) is 0 Å². The molecule has 1 aliphatic rings. The molecule has 1 heterocycles. The first-order chi connectivity index (χ1) is 10.4. The van der Waals surface area contributed by atoms with Crippen LogP contribution in [0.4, 0.5) is 11.4 Å². The largest absolute Gasteiger partial charge is 1.00 e. The Labute approximate surface area is 145 Å². The highest BCUT2D eigenvalue weighted by atomic mass is 35.5. The van der Waals surface area contributed by atoms with Crippen LogP contribution in [0.15, 0.2) is 42.5 Å². The third kappa shape index (κ3) is 3.28. The van der Waals surface area contributed by atoms with Crippen molar-refractivity contribution < 1.29 is 17.0 Å². The fourth-order valence-corrected chi connectivity index (χ4v) is 3.60. The molecule has 2 aromatic carbocycles. The summed E-state index contributed by atoms with van der Waals surface area (Å²) < 4.78 is 2.38. The van der Waals surface area contributed by atoms with E-state index >= 15 is 0 Å². The smallest absolute Gasteiger partial charge is 0.245 e. The maximum atomic E-state index is 2.40. The van der Waals surface area contributed by atoms with Crippen molar-refractivity contribution in [3.8, 4) is 0 Å². The van der Waals surface area contributed by atoms with Gasteiger partial charge in [-0.3, -0.25) is 0 Å². The number of para-hydroxylation sites is 1. The van der Waals surface area contributed by atoms with Gasteiger partial charge in [0.05, 0.1) is 0 Å². The Balaban J connectivity index is 0.00000192. The molecule has 3 rings (SSSR count). The van der Waals surface area contributed by atoms with Crippen molar-refractivity contribution in [1.29, 1.82) is 0 Å². The van der Waals surface area contributed by atoms with E-state index < -0.39 is 0 Å². The highest BCUT2D eigenvalue weighted by Gasteiger charge is 2.40. The van der Waals surface area contributed by atoms with Crippen molar-refractivity contribution in [2.75, 3.05) is 11.4 Å². The second kappa shape index (κ2) is 6.37. The number of hydrogen-bond donors (Lipinski definition) is 0. The molecule has 0 atom stereocenters. The molecule has 0 fully saturated rings. The number of benzene rings is 2. The lowest BCUT2D eigenvalue weighted by molar-refractivity contribution is -0.508. The standard InChI is InChI=1S/C20H25N2.ClH/c1-15-11-16(2)19(17(3)12-15)21-13-20(4,5)22(14-21)18-9-7-6-8-10-18;/h6-12,14H,13H2,1-5H3;1H/q+1;/p-1. The van der Waals surface area contributed by atoms with E-state index in [9.17, 15) is 0 Å². The summed E-state index contributed by atoms with van der Waals surface area (Å²) in [5.41, 5.74) is 6.69. The summed E-state index contributed by atoms with van der Waals surface area (Å²) in [5.74, 6) is 0. The Morgan fingerprint density at radius 3 is 2.09 bits per heavy atom. The van der Waals surface area contributed by atoms with Gasteiger partial charge >= 0.3 is 0 Å². The van der Waals surface area contributed by atoms with Gasteiger partial charge in [-0.1, -0.05) is 35.9 Å². The lowest BCUT2D eigenvalue weighted by Gasteiger charge is -2.20. The minimum absolute atomic E-state index is 0. The molecule has 0 bridgehead atoms. The minimum atomic E-state index is 0. The zero-order valence-electron chi connectivity index (χ0n) is 14.6. The average molecular weight is 329 g/mol. The van der Waals surface area contributed by atoms with Gasteiger partial charge < -0.3 is 12.4 Å². The van der Waals surface area contributed by atoms with Gasteiger partial charge in [-0.2, -0.15) is 0 Å². The van der Waals surface area contributed by atoms with Crippen LogP contribution >= 0.6 is 0 Å². The molecule has 2 nitrogen and oxygen atoms in total. The fourth-order valence-electron chi connectivity index (χ4n) is 3.60. The SMILES string of the molecule is Cc1cc(C)c(N2C=[N+](c3ccccc3)C(C)(C)C2)c(C)c1.[Cl-]. The fraction of sp³-hybridized carbons (Fsp3) is 0.350. The van der Waals surface area contributed by atoms with E-state index in [1.807, 2.05) is 0 Å². The van der Waals surface area contributed by atoms with E-state index in [2.05, 4.69) is 92.9 Å². The lowest BCUT2D eigenvalue weighted by Crippen LogP contribution is -3.00. The molecular formula is C20H25ClN2. The predicted molar refractivity (Wildman–Crippen MR) is 94.5 cm³/mol. The maximum absolute atomic E-state index is 2.40. The van der Waals surface area contributed by atoms with Crippen LogP contribution in [-0.2, 0) is 0 Å². The molecule has 0 N–H and O–H groups in total. The third-order valence-electron chi connectivity index (χ3n) is 4.42. The molecule has 0 spiro atoms. The molecule has 0 unspecified atom stereocenters. The summed E-state index contributed by atoms with van der Waals surface area (Å²) >= 11 is 0. The molecule has 0 saturated heterocycles. The molecular weight excluding hydrogens is 304 g/mol. The van der Waals surface area contributed by atoms with Crippen molar-refractivity contribution in [3.05, 3.63) is 59.2 Å². The molecule has 3 heteroatoms.